The van der Waals surface area contributed by atoms with Crippen molar-refractivity contribution < 1.29 is 19.5 Å². The fourth-order valence-electron chi connectivity index (χ4n) is 1.88. The Kier molecular flexibility index (Phi) is 3.01. The molecular weight excluding hydrogens is 236 g/mol. The lowest BCUT2D eigenvalue weighted by Gasteiger charge is -2.20. The van der Waals surface area contributed by atoms with Gasteiger partial charge in [0.25, 0.3) is 0 Å². The van der Waals surface area contributed by atoms with Crippen LogP contribution in [0.3, 0.4) is 0 Å². The van der Waals surface area contributed by atoms with Gasteiger partial charge >= 0.3 is 5.97 Å². The first-order valence-corrected chi connectivity index (χ1v) is 5.44. The normalized spacial score (nSPS) is 14.5. The second-order valence-corrected chi connectivity index (χ2v) is 4.01. The van der Waals surface area contributed by atoms with Gasteiger partial charge in [-0.1, -0.05) is 0 Å². The van der Waals surface area contributed by atoms with E-state index in [0.29, 0.717) is 17.9 Å². The molecule has 0 saturated heterocycles. The van der Waals surface area contributed by atoms with Crippen molar-refractivity contribution in [2.45, 2.75) is 13.3 Å². The van der Waals surface area contributed by atoms with Gasteiger partial charge < -0.3 is 15.3 Å². The number of hydrogen-bond acceptors (Lipinski definition) is 3. The maximum absolute atomic E-state index is 11.5. The van der Waals surface area contributed by atoms with E-state index in [1.165, 1.54) is 30.0 Å². The summed E-state index contributed by atoms with van der Waals surface area (Å²) in [5, 5.41) is 11.5. The zero-order valence-corrected chi connectivity index (χ0v) is 9.77. The number of carboxylic acids is 1. The number of carbonyl (C=O) groups is 3. The van der Waals surface area contributed by atoms with Crippen LogP contribution in [-0.4, -0.2) is 29.4 Å². The van der Waals surface area contributed by atoms with Gasteiger partial charge in [0.1, 0.15) is 0 Å². The Hall–Kier alpha value is -2.37. The first-order chi connectivity index (χ1) is 8.49. The lowest BCUT2D eigenvalue weighted by molar-refractivity contribution is -0.117. The fourth-order valence-corrected chi connectivity index (χ4v) is 1.88. The Morgan fingerprint density at radius 1 is 1.39 bits per heavy atom. The number of fused-ring (bicyclic) bond motifs is 1. The molecule has 0 spiro atoms. The van der Waals surface area contributed by atoms with Crippen molar-refractivity contribution in [3.8, 4) is 0 Å². The molecule has 0 aromatic heterocycles. The zero-order chi connectivity index (χ0) is 13.3. The molecule has 1 aromatic carbocycles. The van der Waals surface area contributed by atoms with E-state index in [1.54, 1.807) is 0 Å². The molecule has 0 radical (unpaired) electrons. The van der Waals surface area contributed by atoms with Crippen LogP contribution in [0, 0.1) is 0 Å². The Bertz CT molecular complexity index is 539. The highest BCUT2D eigenvalue weighted by Gasteiger charge is 2.22. The zero-order valence-electron chi connectivity index (χ0n) is 9.77. The van der Waals surface area contributed by atoms with Crippen molar-refractivity contribution in [1.29, 1.82) is 0 Å². The van der Waals surface area contributed by atoms with Crippen LogP contribution in [0.1, 0.15) is 23.7 Å². The number of amides is 2. The Balaban J connectivity index is 2.52. The van der Waals surface area contributed by atoms with Gasteiger partial charge in [0.2, 0.25) is 11.8 Å². The number of nitrogens with one attached hydrogen (secondary N) is 1. The van der Waals surface area contributed by atoms with Crippen molar-refractivity contribution in [1.82, 2.24) is 0 Å². The monoisotopic (exact) mass is 248 g/mol. The summed E-state index contributed by atoms with van der Waals surface area (Å²) in [7, 11) is 0. The lowest BCUT2D eigenvalue weighted by Crippen LogP contribution is -2.29. The van der Waals surface area contributed by atoms with Crippen LogP contribution in [0.2, 0.25) is 0 Å². The van der Waals surface area contributed by atoms with E-state index in [9.17, 15) is 14.4 Å². The van der Waals surface area contributed by atoms with E-state index < -0.39 is 5.97 Å². The summed E-state index contributed by atoms with van der Waals surface area (Å²) in [4.78, 5) is 35.3. The second kappa shape index (κ2) is 4.48. The highest BCUT2D eigenvalue weighted by atomic mass is 16.4. The van der Waals surface area contributed by atoms with Crippen LogP contribution in [0.5, 0.6) is 0 Å². The van der Waals surface area contributed by atoms with Gasteiger partial charge in [0, 0.05) is 19.9 Å². The maximum atomic E-state index is 11.5. The molecule has 2 rings (SSSR count). The first kappa shape index (κ1) is 12.1. The summed E-state index contributed by atoms with van der Waals surface area (Å²) >= 11 is 0. The largest absolute Gasteiger partial charge is 0.478 e. The molecule has 1 aromatic rings. The Morgan fingerprint density at radius 3 is 2.72 bits per heavy atom. The fraction of sp³-hybridized carbons (Fsp3) is 0.250. The number of anilines is 2. The molecule has 2 N–H and O–H groups in total. The molecule has 0 aliphatic carbocycles. The van der Waals surface area contributed by atoms with Crippen molar-refractivity contribution in [3.05, 3.63) is 23.8 Å². The third kappa shape index (κ3) is 2.17. The minimum atomic E-state index is -1.08. The summed E-state index contributed by atoms with van der Waals surface area (Å²) < 4.78 is 0. The van der Waals surface area contributed by atoms with Gasteiger partial charge in [-0.15, -0.1) is 0 Å². The first-order valence-electron chi connectivity index (χ1n) is 5.44. The van der Waals surface area contributed by atoms with E-state index in [4.69, 9.17) is 5.11 Å². The SMILES string of the molecule is CC(=O)N1CCC(=O)Nc2cc(C(=O)O)ccc21. The van der Waals surface area contributed by atoms with Crippen LogP contribution in [0.25, 0.3) is 0 Å². The summed E-state index contributed by atoms with van der Waals surface area (Å²) in [6, 6.07) is 4.30. The minimum absolute atomic E-state index is 0.0689. The van der Waals surface area contributed by atoms with E-state index in [2.05, 4.69) is 5.32 Å². The molecule has 0 atom stereocenters. The molecule has 0 unspecified atom stereocenters. The van der Waals surface area contributed by atoms with Gasteiger partial charge in [-0.05, 0) is 18.2 Å². The smallest absolute Gasteiger partial charge is 0.335 e. The van der Waals surface area contributed by atoms with Crippen LogP contribution in [0.15, 0.2) is 18.2 Å². The second-order valence-electron chi connectivity index (χ2n) is 4.01. The summed E-state index contributed by atoms with van der Waals surface area (Å²) in [5.41, 5.74) is 0.949. The maximum Gasteiger partial charge on any atom is 0.335 e. The van der Waals surface area contributed by atoms with Crippen molar-refractivity contribution in [2.24, 2.45) is 0 Å². The van der Waals surface area contributed by atoms with Gasteiger partial charge in [-0.25, -0.2) is 4.79 Å². The van der Waals surface area contributed by atoms with Crippen LogP contribution >= 0.6 is 0 Å². The molecule has 1 aliphatic rings. The number of hydrogen-bond donors (Lipinski definition) is 2. The Morgan fingerprint density at radius 2 is 2.11 bits per heavy atom. The number of carbonyl (C=O) groups excluding carboxylic acids is 2. The quantitative estimate of drug-likeness (QED) is 0.778. The third-order valence-corrected chi connectivity index (χ3v) is 2.75. The van der Waals surface area contributed by atoms with Gasteiger partial charge in [0.15, 0.2) is 0 Å². The highest BCUT2D eigenvalue weighted by Crippen LogP contribution is 2.30. The van der Waals surface area contributed by atoms with Gasteiger partial charge in [0.05, 0.1) is 16.9 Å². The van der Waals surface area contributed by atoms with Crippen LogP contribution in [-0.2, 0) is 9.59 Å². The summed E-state index contributed by atoms with van der Waals surface area (Å²) in [6.07, 6.45) is 0.191. The van der Waals surface area contributed by atoms with Crippen molar-refractivity contribution >= 4 is 29.2 Å². The lowest BCUT2D eigenvalue weighted by atomic mass is 10.1. The summed E-state index contributed by atoms with van der Waals surface area (Å²) in [6.45, 7) is 1.70. The standard InChI is InChI=1S/C12H12N2O4/c1-7(15)14-5-4-11(16)13-9-6-8(12(17)18)2-3-10(9)14/h2-3,6H,4-5H2,1H3,(H,13,16)(H,17,18). The van der Waals surface area contributed by atoms with Crippen molar-refractivity contribution in [2.75, 3.05) is 16.8 Å². The number of aromatic carboxylic acids is 1. The molecule has 94 valence electrons. The molecule has 6 nitrogen and oxygen atoms in total. The minimum Gasteiger partial charge on any atom is -0.478 e. The molecular formula is C12H12N2O4. The summed E-state index contributed by atoms with van der Waals surface area (Å²) in [5.74, 6) is -1.50. The molecule has 1 aliphatic heterocycles. The Labute approximate surface area is 103 Å². The molecule has 0 fully saturated rings. The number of rotatable bonds is 1. The molecule has 0 bridgehead atoms. The van der Waals surface area contributed by atoms with E-state index in [1.807, 2.05) is 0 Å². The molecule has 6 heteroatoms. The topological polar surface area (TPSA) is 86.7 Å². The van der Waals surface area contributed by atoms with E-state index >= 15 is 0 Å². The molecule has 2 amide bonds. The number of benzene rings is 1. The van der Waals surface area contributed by atoms with Crippen LogP contribution in [0.4, 0.5) is 11.4 Å². The predicted molar refractivity (Wildman–Crippen MR) is 64.7 cm³/mol. The van der Waals surface area contributed by atoms with Crippen molar-refractivity contribution in [3.63, 3.8) is 0 Å². The number of carboxylic acid groups (broad SMARTS) is 1. The molecule has 18 heavy (non-hydrogen) atoms. The average molecular weight is 248 g/mol. The average Bonchev–Trinajstić information content (AvgIpc) is 2.45. The van der Waals surface area contributed by atoms with E-state index in [-0.39, 0.29) is 23.8 Å². The molecule has 1 heterocycles. The highest BCUT2D eigenvalue weighted by molar-refractivity contribution is 6.04. The van der Waals surface area contributed by atoms with Gasteiger partial charge in [-0.3, -0.25) is 9.59 Å². The van der Waals surface area contributed by atoms with Crippen LogP contribution < -0.4 is 10.2 Å². The predicted octanol–water partition coefficient (Wildman–Crippen LogP) is 1.08. The van der Waals surface area contributed by atoms with E-state index in [0.717, 1.165) is 0 Å². The van der Waals surface area contributed by atoms with Gasteiger partial charge in [-0.2, -0.15) is 0 Å². The molecule has 0 saturated carbocycles. The number of nitrogens with zero attached hydrogens (tertiary/aromatic N) is 1. The third-order valence-electron chi connectivity index (χ3n) is 2.75.